The van der Waals surface area contributed by atoms with E-state index in [2.05, 4.69) is 12.2 Å². The monoisotopic (exact) mass is 442 g/mol. The smallest absolute Gasteiger partial charge is 0.282 e. The number of nitrogens with one attached hydrogen (secondary N) is 1. The maximum atomic E-state index is 13.6. The predicted octanol–water partition coefficient (Wildman–Crippen LogP) is 4.97. The molecular weight excluding hydrogens is 416 g/mol. The van der Waals surface area contributed by atoms with Gasteiger partial charge < -0.3 is 14.8 Å². The standard InChI is InChI=1S/C27H26N2O4/c1-5-18-8-12-20(13-9-18)28-25-24(19-10-6-17(2)7-11-19)26(30)29(27(25)31)22-15-14-21(32-3)16-23(22)33-4/h6-16,28H,5H2,1-4H3. The predicted molar refractivity (Wildman–Crippen MR) is 130 cm³/mol. The molecule has 0 unspecified atom stereocenters. The van der Waals surface area contributed by atoms with Crippen LogP contribution in [-0.2, 0) is 16.0 Å². The molecule has 0 aliphatic carbocycles. The summed E-state index contributed by atoms with van der Waals surface area (Å²) in [5.41, 5.74) is 4.55. The number of methoxy groups -OCH3 is 2. The molecular formula is C27H26N2O4. The lowest BCUT2D eigenvalue weighted by molar-refractivity contribution is -0.120. The number of hydrogen-bond donors (Lipinski definition) is 1. The van der Waals surface area contributed by atoms with Crippen LogP contribution >= 0.6 is 0 Å². The first-order valence-electron chi connectivity index (χ1n) is 10.7. The SMILES string of the molecule is CCc1ccc(NC2=C(c3ccc(C)cc3)C(=O)N(c3ccc(OC)cc3OC)C2=O)cc1. The summed E-state index contributed by atoms with van der Waals surface area (Å²) in [6.45, 7) is 4.06. The van der Waals surface area contributed by atoms with Crippen molar-refractivity contribution in [1.29, 1.82) is 0 Å². The average Bonchev–Trinajstić information content (AvgIpc) is 3.08. The molecule has 6 nitrogen and oxygen atoms in total. The number of carbonyl (C=O) groups excluding carboxylic acids is 2. The van der Waals surface area contributed by atoms with Gasteiger partial charge >= 0.3 is 0 Å². The van der Waals surface area contributed by atoms with Crippen LogP contribution in [0.4, 0.5) is 11.4 Å². The fourth-order valence-corrected chi connectivity index (χ4v) is 3.79. The van der Waals surface area contributed by atoms with Crippen LogP contribution in [0.15, 0.2) is 72.4 Å². The third-order valence-electron chi connectivity index (χ3n) is 5.68. The lowest BCUT2D eigenvalue weighted by atomic mass is 10.0. The van der Waals surface area contributed by atoms with E-state index >= 15 is 0 Å². The number of hydrogen-bond acceptors (Lipinski definition) is 5. The first-order chi connectivity index (χ1) is 16.0. The van der Waals surface area contributed by atoms with Crippen molar-refractivity contribution in [2.24, 2.45) is 0 Å². The van der Waals surface area contributed by atoms with Crippen LogP contribution in [0.2, 0.25) is 0 Å². The highest BCUT2D eigenvalue weighted by molar-refractivity contribution is 6.46. The Bertz CT molecular complexity index is 1230. The Morgan fingerprint density at radius 2 is 1.55 bits per heavy atom. The Hall–Kier alpha value is -4.06. The van der Waals surface area contributed by atoms with Crippen molar-refractivity contribution in [3.8, 4) is 11.5 Å². The number of benzene rings is 3. The molecule has 0 saturated carbocycles. The van der Waals surface area contributed by atoms with Gasteiger partial charge in [-0.2, -0.15) is 0 Å². The van der Waals surface area contributed by atoms with Crippen LogP contribution in [-0.4, -0.2) is 26.0 Å². The number of rotatable bonds is 7. The second kappa shape index (κ2) is 9.20. The van der Waals surface area contributed by atoms with E-state index in [9.17, 15) is 9.59 Å². The van der Waals surface area contributed by atoms with Crippen LogP contribution in [0.3, 0.4) is 0 Å². The van der Waals surface area contributed by atoms with Crippen molar-refractivity contribution in [3.05, 3.63) is 89.1 Å². The molecule has 0 spiro atoms. The molecule has 6 heteroatoms. The second-order valence-electron chi connectivity index (χ2n) is 7.77. The van der Waals surface area contributed by atoms with Crippen LogP contribution in [0.25, 0.3) is 5.57 Å². The molecule has 4 rings (SSSR count). The summed E-state index contributed by atoms with van der Waals surface area (Å²) >= 11 is 0. The molecule has 0 radical (unpaired) electrons. The van der Waals surface area contributed by atoms with E-state index in [1.165, 1.54) is 12.7 Å². The molecule has 3 aromatic carbocycles. The van der Waals surface area contributed by atoms with E-state index in [0.29, 0.717) is 28.3 Å². The zero-order valence-electron chi connectivity index (χ0n) is 19.1. The summed E-state index contributed by atoms with van der Waals surface area (Å²) in [6.07, 6.45) is 0.917. The van der Waals surface area contributed by atoms with Gasteiger partial charge in [0.05, 0.1) is 25.5 Å². The van der Waals surface area contributed by atoms with Crippen LogP contribution < -0.4 is 19.7 Å². The van der Waals surface area contributed by atoms with Gasteiger partial charge in [0.15, 0.2) is 0 Å². The Labute approximate surface area is 193 Å². The Kier molecular flexibility index (Phi) is 6.18. The second-order valence-corrected chi connectivity index (χ2v) is 7.77. The minimum Gasteiger partial charge on any atom is -0.497 e. The van der Waals surface area contributed by atoms with E-state index in [1.54, 1.807) is 25.3 Å². The summed E-state index contributed by atoms with van der Waals surface area (Å²) in [5.74, 6) is 0.0715. The summed E-state index contributed by atoms with van der Waals surface area (Å²) in [4.78, 5) is 28.4. The number of nitrogens with zero attached hydrogens (tertiary/aromatic N) is 1. The molecule has 33 heavy (non-hydrogen) atoms. The van der Waals surface area contributed by atoms with E-state index in [-0.39, 0.29) is 5.70 Å². The van der Waals surface area contributed by atoms with E-state index in [0.717, 1.165) is 22.6 Å². The largest absolute Gasteiger partial charge is 0.497 e. The van der Waals surface area contributed by atoms with Crippen LogP contribution in [0.5, 0.6) is 11.5 Å². The van der Waals surface area contributed by atoms with Crippen LogP contribution in [0, 0.1) is 6.92 Å². The van der Waals surface area contributed by atoms with Crippen molar-refractivity contribution in [3.63, 3.8) is 0 Å². The molecule has 0 atom stereocenters. The highest BCUT2D eigenvalue weighted by Crippen LogP contribution is 2.39. The molecule has 0 fully saturated rings. The maximum absolute atomic E-state index is 13.6. The van der Waals surface area contributed by atoms with Gasteiger partial charge in [0.1, 0.15) is 17.2 Å². The van der Waals surface area contributed by atoms with Crippen molar-refractivity contribution in [2.45, 2.75) is 20.3 Å². The molecule has 0 bridgehead atoms. The summed E-state index contributed by atoms with van der Waals surface area (Å²) in [7, 11) is 3.04. The molecule has 2 amide bonds. The van der Waals surface area contributed by atoms with Gasteiger partial charge in [-0.25, -0.2) is 4.90 Å². The molecule has 168 valence electrons. The minimum absolute atomic E-state index is 0.228. The normalized spacial score (nSPS) is 13.5. The van der Waals surface area contributed by atoms with Crippen molar-refractivity contribution in [1.82, 2.24) is 0 Å². The first kappa shape index (κ1) is 22.1. The van der Waals surface area contributed by atoms with Gasteiger partial charge in [-0.3, -0.25) is 9.59 Å². The molecule has 0 aromatic heterocycles. The summed E-state index contributed by atoms with van der Waals surface area (Å²) in [6, 6.07) is 20.4. The lowest BCUT2D eigenvalue weighted by Gasteiger charge is -2.19. The topological polar surface area (TPSA) is 67.9 Å². The van der Waals surface area contributed by atoms with Gasteiger partial charge in [-0.1, -0.05) is 48.9 Å². The number of amides is 2. The number of anilines is 2. The van der Waals surface area contributed by atoms with Crippen molar-refractivity contribution < 1.29 is 19.1 Å². The van der Waals surface area contributed by atoms with Gasteiger partial charge in [-0.15, -0.1) is 0 Å². The quantitative estimate of drug-likeness (QED) is 0.523. The summed E-state index contributed by atoms with van der Waals surface area (Å²) in [5, 5.41) is 3.20. The third kappa shape index (κ3) is 4.20. The highest BCUT2D eigenvalue weighted by atomic mass is 16.5. The van der Waals surface area contributed by atoms with E-state index < -0.39 is 11.8 Å². The lowest BCUT2D eigenvalue weighted by Crippen LogP contribution is -2.32. The Morgan fingerprint density at radius 3 is 2.15 bits per heavy atom. The van der Waals surface area contributed by atoms with Crippen molar-refractivity contribution >= 4 is 28.8 Å². The van der Waals surface area contributed by atoms with Gasteiger partial charge in [0.2, 0.25) is 0 Å². The molecule has 1 aliphatic heterocycles. The van der Waals surface area contributed by atoms with Gasteiger partial charge in [-0.05, 0) is 48.7 Å². The van der Waals surface area contributed by atoms with Crippen LogP contribution in [0.1, 0.15) is 23.6 Å². The van der Waals surface area contributed by atoms with Gasteiger partial charge in [0, 0.05) is 11.8 Å². The van der Waals surface area contributed by atoms with Crippen molar-refractivity contribution in [2.75, 3.05) is 24.4 Å². The molecule has 3 aromatic rings. The number of aryl methyl sites for hydroxylation is 2. The molecule has 1 N–H and O–H groups in total. The number of ether oxygens (including phenoxy) is 2. The zero-order valence-corrected chi connectivity index (χ0v) is 19.1. The fraction of sp³-hybridized carbons (Fsp3) is 0.185. The average molecular weight is 443 g/mol. The fourth-order valence-electron chi connectivity index (χ4n) is 3.79. The number of carbonyl (C=O) groups is 2. The third-order valence-corrected chi connectivity index (χ3v) is 5.68. The van der Waals surface area contributed by atoms with Gasteiger partial charge in [0.25, 0.3) is 11.8 Å². The van der Waals surface area contributed by atoms with E-state index in [4.69, 9.17) is 9.47 Å². The molecule has 1 aliphatic rings. The molecule has 1 heterocycles. The Morgan fingerprint density at radius 1 is 0.848 bits per heavy atom. The highest BCUT2D eigenvalue weighted by Gasteiger charge is 2.41. The maximum Gasteiger partial charge on any atom is 0.282 e. The Balaban J connectivity index is 1.81. The molecule has 0 saturated heterocycles. The summed E-state index contributed by atoms with van der Waals surface area (Å²) < 4.78 is 10.7. The van der Waals surface area contributed by atoms with E-state index in [1.807, 2.05) is 55.5 Å². The number of imide groups is 1. The zero-order chi connectivity index (χ0) is 23.5. The first-order valence-corrected chi connectivity index (χ1v) is 10.7. The minimum atomic E-state index is -0.446.